The summed E-state index contributed by atoms with van der Waals surface area (Å²) in [4.78, 5) is 17.3. The predicted octanol–water partition coefficient (Wildman–Crippen LogP) is 4.27. The average molecular weight is 441 g/mol. The molecular weight excluding hydrogens is 404 g/mol. The van der Waals surface area contributed by atoms with E-state index in [0.29, 0.717) is 30.9 Å². The van der Waals surface area contributed by atoms with Gasteiger partial charge in [0.2, 0.25) is 0 Å². The van der Waals surface area contributed by atoms with Crippen molar-refractivity contribution in [3.05, 3.63) is 48.5 Å². The normalized spacial score (nSPS) is 15.9. The largest absolute Gasteiger partial charge is 0.494 e. The fourth-order valence-electron chi connectivity index (χ4n) is 3.83. The Morgan fingerprint density at radius 3 is 2.06 bits per heavy atom. The summed E-state index contributed by atoms with van der Waals surface area (Å²) in [6, 6.07) is 15.0. The van der Waals surface area contributed by atoms with E-state index in [4.69, 9.17) is 9.47 Å². The number of nitrogens with one attached hydrogen (secondary N) is 2. The molecule has 2 N–H and O–H groups in total. The maximum absolute atomic E-state index is 12.4. The third kappa shape index (κ3) is 7.14. The molecule has 0 saturated carbocycles. The first-order chi connectivity index (χ1) is 15.4. The monoisotopic (exact) mass is 440 g/mol. The molecule has 0 radical (unpaired) electrons. The van der Waals surface area contributed by atoms with Gasteiger partial charge in [-0.25, -0.2) is 4.79 Å². The van der Waals surface area contributed by atoms with E-state index in [0.717, 1.165) is 43.4 Å². The van der Waals surface area contributed by atoms with Gasteiger partial charge < -0.3 is 25.0 Å². The maximum Gasteiger partial charge on any atom is 0.319 e. The summed E-state index contributed by atoms with van der Waals surface area (Å²) >= 11 is 0. The van der Waals surface area contributed by atoms with Crippen LogP contribution in [0.2, 0.25) is 0 Å². The molecule has 1 heterocycles. The number of hydrogen-bond donors (Lipinski definition) is 2. The lowest BCUT2D eigenvalue weighted by molar-refractivity contribution is 0.0890. The first kappa shape index (κ1) is 23.9. The molecule has 32 heavy (non-hydrogen) atoms. The molecule has 1 fully saturated rings. The van der Waals surface area contributed by atoms with Crippen molar-refractivity contribution in [2.75, 3.05) is 51.7 Å². The van der Waals surface area contributed by atoms with Gasteiger partial charge in [-0.2, -0.15) is 0 Å². The number of benzene rings is 2. The van der Waals surface area contributed by atoms with Crippen LogP contribution in [0.4, 0.5) is 10.5 Å². The quantitative estimate of drug-likeness (QED) is 0.610. The van der Waals surface area contributed by atoms with Gasteiger partial charge >= 0.3 is 6.03 Å². The second kappa shape index (κ2) is 11.7. The fraction of sp³-hybridized carbons (Fsp3) is 0.480. The zero-order chi connectivity index (χ0) is 22.9. The molecule has 0 aliphatic carbocycles. The van der Waals surface area contributed by atoms with E-state index in [1.807, 2.05) is 55.5 Å². The Morgan fingerprint density at radius 1 is 0.938 bits per heavy atom. The molecule has 2 aromatic rings. The van der Waals surface area contributed by atoms with Crippen molar-refractivity contribution in [2.24, 2.45) is 5.92 Å². The van der Waals surface area contributed by atoms with Crippen LogP contribution in [-0.2, 0) is 0 Å². The molecule has 1 unspecified atom stereocenters. The summed E-state index contributed by atoms with van der Waals surface area (Å²) in [5.74, 6) is 2.72. The number of amides is 2. The van der Waals surface area contributed by atoms with Gasteiger partial charge in [-0.3, -0.25) is 4.90 Å². The van der Waals surface area contributed by atoms with Crippen molar-refractivity contribution in [1.82, 2.24) is 15.1 Å². The number of carbonyl (C=O) groups is 1. The Kier molecular flexibility index (Phi) is 8.76. The van der Waals surface area contributed by atoms with E-state index in [2.05, 4.69) is 41.3 Å². The molecule has 2 aromatic carbocycles. The van der Waals surface area contributed by atoms with Crippen LogP contribution >= 0.6 is 0 Å². The number of anilines is 1. The molecule has 7 heteroatoms. The van der Waals surface area contributed by atoms with E-state index < -0.39 is 0 Å². The minimum atomic E-state index is -0.190. The lowest BCUT2D eigenvalue weighted by atomic mass is 10.0. The van der Waals surface area contributed by atoms with Crippen LogP contribution < -0.4 is 20.1 Å². The van der Waals surface area contributed by atoms with Gasteiger partial charge in [-0.1, -0.05) is 13.8 Å². The maximum atomic E-state index is 12.4. The van der Waals surface area contributed by atoms with Crippen molar-refractivity contribution in [2.45, 2.75) is 26.8 Å². The molecule has 1 aliphatic rings. The molecule has 1 saturated heterocycles. The summed E-state index contributed by atoms with van der Waals surface area (Å²) in [5, 5.41) is 5.95. The van der Waals surface area contributed by atoms with Crippen molar-refractivity contribution < 1.29 is 14.3 Å². The van der Waals surface area contributed by atoms with Gasteiger partial charge in [0.25, 0.3) is 0 Å². The number of urea groups is 1. The number of carbonyl (C=O) groups excluding carboxylic acids is 1. The second-order valence-corrected chi connectivity index (χ2v) is 8.52. The van der Waals surface area contributed by atoms with Crippen molar-refractivity contribution in [3.8, 4) is 17.2 Å². The molecule has 0 bridgehead atoms. The van der Waals surface area contributed by atoms with Crippen LogP contribution in [0.5, 0.6) is 17.2 Å². The van der Waals surface area contributed by atoms with Crippen LogP contribution in [0.3, 0.4) is 0 Å². The number of nitrogens with zero attached hydrogens (tertiary/aromatic N) is 2. The number of hydrogen-bond acceptors (Lipinski definition) is 5. The van der Waals surface area contributed by atoms with Crippen LogP contribution in [0.1, 0.15) is 20.8 Å². The molecule has 2 amide bonds. The molecule has 0 aromatic heterocycles. The Balaban J connectivity index is 1.47. The Hall–Kier alpha value is -2.77. The van der Waals surface area contributed by atoms with Crippen LogP contribution in [0, 0.1) is 5.92 Å². The molecule has 3 rings (SSSR count). The van der Waals surface area contributed by atoms with E-state index in [-0.39, 0.29) is 6.03 Å². The minimum absolute atomic E-state index is 0.190. The SMILES string of the molecule is CCOc1ccc(Oc2ccc(NC(=O)NCC(C(C)C)N3CCN(C)CC3)cc2)cc1. The van der Waals surface area contributed by atoms with E-state index >= 15 is 0 Å². The Bertz CT molecular complexity index is 831. The first-order valence-electron chi connectivity index (χ1n) is 11.4. The number of likely N-dealkylation sites (N-methyl/N-ethyl adjacent to an activating group) is 1. The van der Waals surface area contributed by atoms with Crippen LogP contribution in [-0.4, -0.2) is 68.3 Å². The van der Waals surface area contributed by atoms with Crippen molar-refractivity contribution >= 4 is 11.7 Å². The predicted molar refractivity (Wildman–Crippen MR) is 129 cm³/mol. The Morgan fingerprint density at radius 2 is 1.50 bits per heavy atom. The highest BCUT2D eigenvalue weighted by molar-refractivity contribution is 5.89. The second-order valence-electron chi connectivity index (χ2n) is 8.52. The van der Waals surface area contributed by atoms with Gasteiger partial charge in [-0.15, -0.1) is 0 Å². The fourth-order valence-corrected chi connectivity index (χ4v) is 3.83. The average Bonchev–Trinajstić information content (AvgIpc) is 2.78. The topological polar surface area (TPSA) is 66.1 Å². The highest BCUT2D eigenvalue weighted by Gasteiger charge is 2.25. The van der Waals surface area contributed by atoms with Crippen molar-refractivity contribution in [1.29, 1.82) is 0 Å². The van der Waals surface area contributed by atoms with Gasteiger partial charge in [0.15, 0.2) is 0 Å². The van der Waals surface area contributed by atoms with Gasteiger partial charge in [0.05, 0.1) is 6.61 Å². The molecule has 7 nitrogen and oxygen atoms in total. The molecule has 174 valence electrons. The van der Waals surface area contributed by atoms with Gasteiger partial charge in [0.1, 0.15) is 17.2 Å². The van der Waals surface area contributed by atoms with E-state index in [1.54, 1.807) is 0 Å². The third-order valence-electron chi connectivity index (χ3n) is 5.73. The highest BCUT2D eigenvalue weighted by atomic mass is 16.5. The summed E-state index contributed by atoms with van der Waals surface area (Å²) < 4.78 is 11.3. The van der Waals surface area contributed by atoms with Crippen LogP contribution in [0.25, 0.3) is 0 Å². The standard InChI is InChI=1S/C25H36N4O3/c1-5-31-21-10-12-23(13-11-21)32-22-8-6-20(7-9-22)27-25(30)26-18-24(19(2)3)29-16-14-28(4)15-17-29/h6-13,19,24H,5,14-18H2,1-4H3,(H2,26,27,30). The van der Waals surface area contributed by atoms with E-state index in [9.17, 15) is 4.79 Å². The zero-order valence-corrected chi connectivity index (χ0v) is 19.6. The van der Waals surface area contributed by atoms with Crippen LogP contribution in [0.15, 0.2) is 48.5 Å². The lowest BCUT2D eigenvalue weighted by Crippen LogP contribution is -2.54. The summed E-state index contributed by atoms with van der Waals surface area (Å²) in [5.41, 5.74) is 0.724. The molecular formula is C25H36N4O3. The smallest absolute Gasteiger partial charge is 0.319 e. The summed E-state index contributed by atoms with van der Waals surface area (Å²) in [7, 11) is 2.15. The number of ether oxygens (including phenoxy) is 2. The van der Waals surface area contributed by atoms with Crippen molar-refractivity contribution in [3.63, 3.8) is 0 Å². The highest BCUT2D eigenvalue weighted by Crippen LogP contribution is 2.25. The summed E-state index contributed by atoms with van der Waals surface area (Å²) in [6.07, 6.45) is 0. The molecule has 1 atom stereocenters. The zero-order valence-electron chi connectivity index (χ0n) is 19.6. The first-order valence-corrected chi connectivity index (χ1v) is 11.4. The summed E-state index contributed by atoms with van der Waals surface area (Å²) in [6.45, 7) is 11.9. The minimum Gasteiger partial charge on any atom is -0.494 e. The Labute approximate surface area is 191 Å². The van der Waals surface area contributed by atoms with Gasteiger partial charge in [-0.05, 0) is 68.4 Å². The van der Waals surface area contributed by atoms with E-state index in [1.165, 1.54) is 0 Å². The molecule has 0 spiro atoms. The lowest BCUT2D eigenvalue weighted by Gasteiger charge is -2.39. The number of rotatable bonds is 9. The molecule has 1 aliphatic heterocycles. The third-order valence-corrected chi connectivity index (χ3v) is 5.73. The van der Waals surface area contributed by atoms with Gasteiger partial charge in [0, 0.05) is 44.5 Å². The number of piperazine rings is 1.